The Kier molecular flexibility index (Phi) is 26.5. The highest BCUT2D eigenvalue weighted by Gasteiger charge is 2.52. The molecule has 2 fully saturated rings. The van der Waals surface area contributed by atoms with Crippen molar-refractivity contribution in [2.45, 2.75) is 223 Å². The number of aromatic hydroxyl groups is 4. The second kappa shape index (κ2) is 33.9. The Labute approximate surface area is 584 Å². The number of nitrogens with zero attached hydrogens (tertiary/aromatic N) is 1. The Bertz CT molecular complexity index is 3760. The SMILES string of the molecule is CC(C)CCC(=O)NN.CCCCCCCCCCCC(=O)N/N=C(/CO)[C@]1(O)Cc2c(O)c3c(c(O)c2[C@@H](O[C@H]2C[C@H](N)[C@H](O)[C@H](C)O2)C1)C(=O)c1c(OC)cccc1C3=O.COc1cccc2c1C(=O)c1c(O)c3c(c(O)c1C2=O)C[C@@](O)(C(=O)CO)C[C@@H]3O[C@H]1C[C@H](N)[C@H](O)[C@H](C)O1. The molecule has 2 saturated heterocycles. The molecule has 552 valence electrons. The zero-order valence-electron chi connectivity index (χ0n) is 57.9. The van der Waals surface area contributed by atoms with Crippen LogP contribution in [-0.4, -0.2) is 185 Å². The van der Waals surface area contributed by atoms with Crippen LogP contribution in [0.5, 0.6) is 34.5 Å². The molecule has 2 aliphatic heterocycles. The number of phenols is 4. The van der Waals surface area contributed by atoms with Gasteiger partial charge in [-0.25, -0.2) is 11.3 Å². The van der Waals surface area contributed by atoms with Crippen molar-refractivity contribution in [2.24, 2.45) is 28.3 Å². The number of hydrazone groups is 1. The number of unbranched alkanes of at least 4 members (excludes halogenated alkanes) is 8. The first-order chi connectivity index (χ1) is 48.0. The molecule has 12 atom stereocenters. The monoisotopic (exact) mass is 1410 g/mol. The van der Waals surface area contributed by atoms with Gasteiger partial charge in [0, 0.05) is 96.8 Å². The Morgan fingerprint density at radius 3 is 1.44 bits per heavy atom. The number of nitrogens with one attached hydrogen (secondary N) is 2. The van der Waals surface area contributed by atoms with Gasteiger partial charge in [0.1, 0.15) is 52.3 Å². The van der Waals surface area contributed by atoms with Crippen molar-refractivity contribution in [1.29, 1.82) is 0 Å². The van der Waals surface area contributed by atoms with Gasteiger partial charge >= 0.3 is 0 Å². The van der Waals surface area contributed by atoms with Crippen LogP contribution in [0.15, 0.2) is 41.5 Å². The van der Waals surface area contributed by atoms with Crippen LogP contribution in [0, 0.1) is 5.92 Å². The van der Waals surface area contributed by atoms with Crippen LogP contribution < -0.4 is 37.6 Å². The summed E-state index contributed by atoms with van der Waals surface area (Å²) in [6.07, 6.45) is 1.29. The van der Waals surface area contributed by atoms with Gasteiger partial charge in [-0.1, -0.05) is 96.4 Å². The molecule has 101 heavy (non-hydrogen) atoms. The molecule has 10 rings (SSSR count). The van der Waals surface area contributed by atoms with E-state index in [1.807, 2.05) is 0 Å². The molecule has 0 bridgehead atoms. The summed E-state index contributed by atoms with van der Waals surface area (Å²) in [6, 6.07) is 7.32. The van der Waals surface area contributed by atoms with E-state index in [2.05, 4.69) is 36.7 Å². The predicted molar refractivity (Wildman–Crippen MR) is 362 cm³/mol. The predicted octanol–water partition coefficient (Wildman–Crippen LogP) is 4.24. The summed E-state index contributed by atoms with van der Waals surface area (Å²) in [4.78, 5) is 90.8. The summed E-state index contributed by atoms with van der Waals surface area (Å²) in [7, 11) is 2.66. The van der Waals surface area contributed by atoms with Crippen LogP contribution in [-0.2, 0) is 46.2 Å². The Hall–Kier alpha value is -7.88. The highest BCUT2D eigenvalue weighted by atomic mass is 16.7. The largest absolute Gasteiger partial charge is 0.507 e. The number of ketones is 5. The number of amides is 2. The smallest absolute Gasteiger partial charge is 0.240 e. The lowest BCUT2D eigenvalue weighted by molar-refractivity contribution is -0.247. The lowest BCUT2D eigenvalue weighted by atomic mass is 9.71. The second-order valence-electron chi connectivity index (χ2n) is 27.1. The van der Waals surface area contributed by atoms with E-state index in [1.165, 1.54) is 82.7 Å². The number of phenolic OH excluding ortho intramolecular Hbond substituents is 4. The fourth-order valence-corrected chi connectivity index (χ4v) is 13.9. The maximum Gasteiger partial charge on any atom is 0.240 e. The number of hydrogen-bond donors (Lipinski definition) is 15. The number of carbonyl (C=O) groups is 7. The van der Waals surface area contributed by atoms with E-state index in [1.54, 1.807) is 13.8 Å². The normalized spacial score (nSPS) is 25.7. The summed E-state index contributed by atoms with van der Waals surface area (Å²) in [5.41, 5.74) is 9.46. The Balaban J connectivity index is 0.000000236. The number of hydrogen-bond acceptors (Lipinski definition) is 27. The first kappa shape index (κ1) is 78.8. The van der Waals surface area contributed by atoms with Crippen LogP contribution in [0.4, 0.5) is 0 Å². The number of rotatable bonds is 24. The number of carbonyl (C=O) groups excluding carboxylic acids is 7. The highest BCUT2D eigenvalue weighted by Crippen LogP contribution is 2.55. The molecule has 18 N–H and O–H groups in total. The zero-order valence-corrected chi connectivity index (χ0v) is 57.9. The quantitative estimate of drug-likeness (QED) is 0.0101. The van der Waals surface area contributed by atoms with E-state index in [9.17, 15) is 84.6 Å². The van der Waals surface area contributed by atoms with Crippen molar-refractivity contribution in [2.75, 3.05) is 27.4 Å². The summed E-state index contributed by atoms with van der Waals surface area (Å²) in [5, 5.41) is 114. The van der Waals surface area contributed by atoms with Crippen molar-refractivity contribution >= 4 is 46.4 Å². The van der Waals surface area contributed by atoms with E-state index in [0.717, 1.165) is 25.7 Å². The molecule has 0 saturated carbocycles. The maximum atomic E-state index is 14.0. The number of benzene rings is 4. The fraction of sp³-hybridized carbons (Fsp3) is 0.556. The Morgan fingerprint density at radius 1 is 0.604 bits per heavy atom. The van der Waals surface area contributed by atoms with Gasteiger partial charge in [-0.05, 0) is 44.7 Å². The lowest BCUT2D eigenvalue weighted by Crippen LogP contribution is -2.53. The van der Waals surface area contributed by atoms with Gasteiger partial charge in [0.25, 0.3) is 0 Å². The first-order valence-electron chi connectivity index (χ1n) is 34.2. The average Bonchev–Trinajstić information content (AvgIpc) is 0.717. The van der Waals surface area contributed by atoms with Crippen LogP contribution in [0.2, 0.25) is 0 Å². The van der Waals surface area contributed by atoms with E-state index in [-0.39, 0.29) is 93.3 Å². The molecule has 2 amide bonds. The molecule has 29 nitrogen and oxygen atoms in total. The van der Waals surface area contributed by atoms with Gasteiger partial charge in [-0.3, -0.25) is 39.0 Å². The number of nitrogens with two attached hydrogens (primary N) is 3. The summed E-state index contributed by atoms with van der Waals surface area (Å²) < 4.78 is 34.5. The third kappa shape index (κ3) is 16.8. The van der Waals surface area contributed by atoms with Crippen LogP contribution >= 0.6 is 0 Å². The molecule has 2 heterocycles. The van der Waals surface area contributed by atoms with E-state index in [4.69, 9.17) is 45.7 Å². The third-order valence-corrected chi connectivity index (χ3v) is 19.6. The molecule has 4 aromatic rings. The minimum Gasteiger partial charge on any atom is -0.507 e. The second-order valence-corrected chi connectivity index (χ2v) is 27.1. The number of methoxy groups -OCH3 is 2. The zero-order chi connectivity index (χ0) is 74.1. The number of aliphatic hydroxyl groups excluding tert-OH is 4. The van der Waals surface area contributed by atoms with Gasteiger partial charge in [-0.2, -0.15) is 5.10 Å². The van der Waals surface area contributed by atoms with Crippen molar-refractivity contribution in [3.05, 3.63) is 103 Å². The van der Waals surface area contributed by atoms with Gasteiger partial charge in [0.2, 0.25) is 23.4 Å². The van der Waals surface area contributed by atoms with Crippen molar-refractivity contribution in [1.82, 2.24) is 10.9 Å². The molecule has 6 aliphatic rings. The number of ether oxygens (including phenoxy) is 6. The number of aliphatic hydroxyl groups is 6. The summed E-state index contributed by atoms with van der Waals surface area (Å²) >= 11 is 0. The minimum absolute atomic E-state index is 0.0173. The third-order valence-electron chi connectivity index (χ3n) is 19.6. The van der Waals surface area contributed by atoms with E-state index >= 15 is 0 Å². The standard InChI is InChI=1S/C39H53N3O11.C27H29NO11.C6H14N2O/c1-4-5-6-7-8-9-10-11-12-16-28(44)42-41-27(20-43)39(50)18-23-31(26(19-39)53-29-17-24(40)34(45)21(2)52-29)38(49)33-32(36(23)47)35(46)22-14-13-15-25(51-3)30(22)37(33)48;1-10-22(31)13(28)6-17(38-10)39-15-8-27(36,16(30)9-29)7-12-19(15)26(35)21-20(24(12)33)23(32)11-4-3-5-14(37-2)18(11)25(21)34;1-5(2)3-4-6(9)8-7/h13-15,21,24,26,29,34,43,45,47,49-50H,4-12,16-20,40H2,1-3H3,(H,42,44);3-5,10,13,15,17,22,29,31,33,35-36H,6-9,28H2,1-2H3;5H,3-4,7H2,1-2H3,(H,8,9)/b41-27-;;/t21-,24-,26-,29-,34+,39-;10-,13-,15-,17-,22+,27-;/m00./s1. The molecule has 0 spiro atoms. The molecule has 0 radical (unpaired) electrons. The molecule has 0 aromatic heterocycles. The highest BCUT2D eigenvalue weighted by molar-refractivity contribution is 6.32. The molecule has 4 aliphatic carbocycles. The van der Waals surface area contributed by atoms with Gasteiger partial charge < -0.3 is 91.0 Å². The van der Waals surface area contributed by atoms with Gasteiger partial charge in [0.15, 0.2) is 29.9 Å². The Morgan fingerprint density at radius 2 is 1.03 bits per heavy atom. The number of hydrazine groups is 1. The van der Waals surface area contributed by atoms with Crippen molar-refractivity contribution in [3.8, 4) is 34.5 Å². The van der Waals surface area contributed by atoms with Crippen molar-refractivity contribution < 1.29 is 113 Å². The minimum atomic E-state index is -2.24. The van der Waals surface area contributed by atoms with E-state index < -0.39 is 185 Å². The number of fused-ring (bicyclic) bond motifs is 6. The van der Waals surface area contributed by atoms with Gasteiger partial charge in [0.05, 0.1) is 96.5 Å². The van der Waals surface area contributed by atoms with Crippen LogP contribution in [0.1, 0.15) is 235 Å². The van der Waals surface area contributed by atoms with Crippen LogP contribution in [0.25, 0.3) is 0 Å². The lowest BCUT2D eigenvalue weighted by Gasteiger charge is -2.43. The maximum absolute atomic E-state index is 14.0. The topological polar surface area (TPSA) is 492 Å². The first-order valence-corrected chi connectivity index (χ1v) is 34.2. The summed E-state index contributed by atoms with van der Waals surface area (Å²) in [6.45, 7) is 7.70. The average molecular weight is 1410 g/mol. The molecular weight excluding hydrogens is 1320 g/mol. The molecular formula is C72H96N6O23. The fourth-order valence-electron chi connectivity index (χ4n) is 13.9. The van der Waals surface area contributed by atoms with E-state index in [0.29, 0.717) is 18.8 Å². The molecule has 0 unspecified atom stereocenters. The summed E-state index contributed by atoms with van der Waals surface area (Å²) in [5.74, 6) is -1.54. The number of Topliss-reactive ketones (excluding diaryl/α,β-unsaturated/α-hetero) is 1. The molecule has 29 heteroatoms. The van der Waals surface area contributed by atoms with Crippen molar-refractivity contribution in [3.63, 3.8) is 0 Å². The van der Waals surface area contributed by atoms with Crippen LogP contribution in [0.3, 0.4) is 0 Å². The molecule has 4 aromatic carbocycles. The van der Waals surface area contributed by atoms with Gasteiger partial charge in [-0.15, -0.1) is 0 Å².